The van der Waals surface area contributed by atoms with E-state index in [1.54, 1.807) is 5.01 Å². The Balaban J connectivity index is 2.01. The van der Waals surface area contributed by atoms with Crippen LogP contribution in [0.3, 0.4) is 0 Å². The molecule has 2 rings (SSSR count). The standard InChI is InChI=1S/C8H15N3O/c1-10-4-2-8(6-10)3-5-11(7-8)9-12/h2-7H2,1H3. The van der Waals surface area contributed by atoms with Crippen LogP contribution in [0.25, 0.3) is 0 Å². The van der Waals surface area contributed by atoms with Gasteiger partial charge >= 0.3 is 0 Å². The zero-order valence-corrected chi connectivity index (χ0v) is 7.49. The molecular formula is C8H15N3O. The van der Waals surface area contributed by atoms with Crippen molar-refractivity contribution in [3.63, 3.8) is 0 Å². The van der Waals surface area contributed by atoms with Crippen molar-refractivity contribution in [2.45, 2.75) is 12.8 Å². The highest BCUT2D eigenvalue weighted by Crippen LogP contribution is 2.38. The first-order valence-electron chi connectivity index (χ1n) is 4.51. The lowest BCUT2D eigenvalue weighted by atomic mass is 9.87. The smallest absolute Gasteiger partial charge is 0.0524 e. The van der Waals surface area contributed by atoms with Crippen LogP contribution in [0.4, 0.5) is 0 Å². The van der Waals surface area contributed by atoms with Crippen LogP contribution < -0.4 is 0 Å². The SMILES string of the molecule is CN1CCC2(CCN(N=O)C2)C1. The lowest BCUT2D eigenvalue weighted by Crippen LogP contribution is -2.27. The van der Waals surface area contributed by atoms with Crippen LogP contribution in [0.5, 0.6) is 0 Å². The van der Waals surface area contributed by atoms with E-state index in [1.807, 2.05) is 0 Å². The summed E-state index contributed by atoms with van der Waals surface area (Å²) in [7, 11) is 2.14. The minimum Gasteiger partial charge on any atom is -0.306 e. The maximum Gasteiger partial charge on any atom is 0.0524 e. The molecule has 0 aromatic carbocycles. The normalized spacial score (nSPS) is 36.6. The Hall–Kier alpha value is -0.640. The largest absolute Gasteiger partial charge is 0.306 e. The molecule has 0 N–H and O–H groups in total. The predicted octanol–water partition coefficient (Wildman–Crippen LogP) is 0.695. The Morgan fingerprint density at radius 1 is 1.25 bits per heavy atom. The van der Waals surface area contributed by atoms with E-state index in [-0.39, 0.29) is 0 Å². The van der Waals surface area contributed by atoms with Gasteiger partial charge in [0.05, 0.1) is 5.29 Å². The quantitative estimate of drug-likeness (QED) is 0.542. The maximum atomic E-state index is 10.3. The molecular weight excluding hydrogens is 154 g/mol. The van der Waals surface area contributed by atoms with Gasteiger partial charge in [0.2, 0.25) is 0 Å². The first-order chi connectivity index (χ1) is 5.74. The third kappa shape index (κ3) is 1.20. The van der Waals surface area contributed by atoms with Crippen LogP contribution >= 0.6 is 0 Å². The summed E-state index contributed by atoms with van der Waals surface area (Å²) in [5, 5.41) is 4.66. The van der Waals surface area contributed by atoms with E-state index in [9.17, 15) is 4.91 Å². The van der Waals surface area contributed by atoms with Crippen molar-refractivity contribution in [2.24, 2.45) is 10.7 Å². The summed E-state index contributed by atoms with van der Waals surface area (Å²) in [6.45, 7) is 4.05. The zero-order chi connectivity index (χ0) is 8.60. The van der Waals surface area contributed by atoms with Gasteiger partial charge in [0.25, 0.3) is 0 Å². The summed E-state index contributed by atoms with van der Waals surface area (Å²) in [5.41, 5.74) is 0.392. The third-order valence-corrected chi connectivity index (χ3v) is 3.16. The fraction of sp³-hybridized carbons (Fsp3) is 1.00. The van der Waals surface area contributed by atoms with Crippen LogP contribution in [0.15, 0.2) is 5.29 Å². The highest BCUT2D eigenvalue weighted by Gasteiger charge is 2.42. The molecule has 0 aromatic heterocycles. The molecule has 1 atom stereocenters. The number of hydrogen-bond acceptors (Lipinski definition) is 3. The van der Waals surface area contributed by atoms with E-state index < -0.39 is 0 Å². The van der Waals surface area contributed by atoms with Gasteiger partial charge < -0.3 is 4.90 Å². The van der Waals surface area contributed by atoms with Crippen LogP contribution in [0.2, 0.25) is 0 Å². The molecule has 12 heavy (non-hydrogen) atoms. The van der Waals surface area contributed by atoms with Gasteiger partial charge in [-0.1, -0.05) is 0 Å². The highest BCUT2D eigenvalue weighted by molar-refractivity contribution is 4.95. The average Bonchev–Trinajstić information content (AvgIpc) is 2.61. The summed E-state index contributed by atoms with van der Waals surface area (Å²) in [6, 6.07) is 0. The van der Waals surface area contributed by atoms with Crippen molar-refractivity contribution in [1.29, 1.82) is 0 Å². The zero-order valence-electron chi connectivity index (χ0n) is 7.49. The van der Waals surface area contributed by atoms with E-state index in [2.05, 4.69) is 17.2 Å². The van der Waals surface area contributed by atoms with Crippen molar-refractivity contribution < 1.29 is 0 Å². The Kier molecular flexibility index (Phi) is 1.79. The molecule has 2 aliphatic rings. The van der Waals surface area contributed by atoms with Crippen LogP contribution in [-0.2, 0) is 0 Å². The molecule has 4 heteroatoms. The second kappa shape index (κ2) is 2.69. The summed E-state index contributed by atoms with van der Waals surface area (Å²) in [6.07, 6.45) is 2.37. The molecule has 2 fully saturated rings. The Morgan fingerprint density at radius 3 is 2.50 bits per heavy atom. The van der Waals surface area contributed by atoms with E-state index in [1.165, 1.54) is 13.0 Å². The van der Waals surface area contributed by atoms with E-state index in [4.69, 9.17) is 0 Å². The summed E-state index contributed by atoms with van der Waals surface area (Å²) >= 11 is 0. The maximum absolute atomic E-state index is 10.3. The number of rotatable bonds is 1. The van der Waals surface area contributed by atoms with Gasteiger partial charge in [-0.2, -0.15) is 0 Å². The van der Waals surface area contributed by atoms with Crippen LogP contribution in [-0.4, -0.2) is 43.1 Å². The van der Waals surface area contributed by atoms with Gasteiger partial charge in [-0.3, -0.25) is 5.01 Å². The van der Waals surface area contributed by atoms with E-state index >= 15 is 0 Å². The van der Waals surface area contributed by atoms with Gasteiger partial charge in [0.1, 0.15) is 0 Å². The second-order valence-electron chi connectivity index (χ2n) is 4.21. The minimum atomic E-state index is 0.392. The Morgan fingerprint density at radius 2 is 2.00 bits per heavy atom. The van der Waals surface area contributed by atoms with Crippen LogP contribution in [0, 0.1) is 10.3 Å². The monoisotopic (exact) mass is 169 g/mol. The predicted molar refractivity (Wildman–Crippen MR) is 46.5 cm³/mol. The van der Waals surface area contributed by atoms with Crippen molar-refractivity contribution >= 4 is 0 Å². The fourth-order valence-electron chi connectivity index (χ4n) is 2.47. The molecule has 2 heterocycles. The van der Waals surface area contributed by atoms with Crippen molar-refractivity contribution in [3.8, 4) is 0 Å². The second-order valence-corrected chi connectivity index (χ2v) is 4.21. The number of nitroso groups, excluding NO2 is 1. The highest BCUT2D eigenvalue weighted by atomic mass is 16.3. The third-order valence-electron chi connectivity index (χ3n) is 3.16. The molecule has 2 saturated heterocycles. The molecule has 68 valence electrons. The molecule has 0 saturated carbocycles. The summed E-state index contributed by atoms with van der Waals surface area (Å²) in [5.74, 6) is 0. The van der Waals surface area contributed by atoms with Gasteiger partial charge in [0.15, 0.2) is 0 Å². The fourth-order valence-corrected chi connectivity index (χ4v) is 2.47. The van der Waals surface area contributed by atoms with Gasteiger partial charge in [-0.25, -0.2) is 0 Å². The lowest BCUT2D eigenvalue weighted by molar-refractivity contribution is 0.259. The summed E-state index contributed by atoms with van der Waals surface area (Å²) in [4.78, 5) is 12.6. The van der Waals surface area contributed by atoms with E-state index in [0.717, 1.165) is 26.1 Å². The molecule has 0 bridgehead atoms. The van der Waals surface area contributed by atoms with Crippen LogP contribution in [0.1, 0.15) is 12.8 Å². The van der Waals surface area contributed by atoms with Gasteiger partial charge in [-0.05, 0) is 26.4 Å². The van der Waals surface area contributed by atoms with Crippen molar-refractivity contribution in [1.82, 2.24) is 9.91 Å². The molecule has 0 radical (unpaired) electrons. The number of nitrogens with zero attached hydrogens (tertiary/aromatic N) is 3. The molecule has 2 aliphatic heterocycles. The molecule has 1 spiro atoms. The Bertz CT molecular complexity index is 197. The minimum absolute atomic E-state index is 0.392. The van der Waals surface area contributed by atoms with Gasteiger partial charge in [0, 0.05) is 25.0 Å². The summed E-state index contributed by atoms with van der Waals surface area (Å²) < 4.78 is 0. The van der Waals surface area contributed by atoms with Gasteiger partial charge in [-0.15, -0.1) is 4.91 Å². The molecule has 0 aliphatic carbocycles. The number of hydrogen-bond donors (Lipinski definition) is 0. The Labute approximate surface area is 72.5 Å². The molecule has 0 amide bonds. The first kappa shape index (κ1) is 7.98. The van der Waals surface area contributed by atoms with Crippen molar-refractivity contribution in [3.05, 3.63) is 4.91 Å². The average molecular weight is 169 g/mol. The molecule has 1 unspecified atom stereocenters. The lowest BCUT2D eigenvalue weighted by Gasteiger charge is -2.21. The van der Waals surface area contributed by atoms with Crippen molar-refractivity contribution in [2.75, 3.05) is 33.2 Å². The topological polar surface area (TPSA) is 35.9 Å². The first-order valence-corrected chi connectivity index (χ1v) is 4.51. The number of likely N-dealkylation sites (tertiary alicyclic amines) is 1. The van der Waals surface area contributed by atoms with E-state index in [0.29, 0.717) is 5.41 Å². The molecule has 0 aromatic rings. The molecule has 4 nitrogen and oxygen atoms in total.